The molecule has 2 heterocycles. The second-order valence-corrected chi connectivity index (χ2v) is 23.6. The summed E-state index contributed by atoms with van der Waals surface area (Å²) in [5.74, 6) is -0.250. The molecule has 85 heavy (non-hydrogen) atoms. The first-order valence-corrected chi connectivity index (χ1v) is 34.0. The Balaban J connectivity index is 1.61. The molecule has 14 heteroatoms. The number of unbranched alkanes of at least 4 members (excludes halogenated alkanes) is 27. The Kier molecular flexibility index (Phi) is 50.5. The summed E-state index contributed by atoms with van der Waals surface area (Å²) in [4.78, 5) is 13.3. The van der Waals surface area contributed by atoms with Crippen LogP contribution < -0.4 is 5.32 Å². The minimum absolute atomic E-state index is 0.250. The number of rotatable bonds is 54. The van der Waals surface area contributed by atoms with Gasteiger partial charge in [0.15, 0.2) is 12.6 Å². The lowest BCUT2D eigenvalue weighted by atomic mass is 9.97. The fraction of sp³-hybridized carbons (Fsp3) is 0.761. The highest BCUT2D eigenvalue weighted by atomic mass is 16.7. The van der Waals surface area contributed by atoms with E-state index in [1.807, 2.05) is 6.08 Å². The molecule has 0 aromatic carbocycles. The van der Waals surface area contributed by atoms with Crippen molar-refractivity contribution in [3.63, 3.8) is 0 Å². The van der Waals surface area contributed by atoms with Gasteiger partial charge in [0.25, 0.3) is 0 Å². The van der Waals surface area contributed by atoms with Crippen molar-refractivity contribution in [2.45, 2.75) is 325 Å². The van der Waals surface area contributed by atoms with Crippen LogP contribution >= 0.6 is 0 Å². The van der Waals surface area contributed by atoms with Crippen molar-refractivity contribution in [3.8, 4) is 0 Å². The molecule has 2 aliphatic heterocycles. The first-order valence-electron chi connectivity index (χ1n) is 34.0. The summed E-state index contributed by atoms with van der Waals surface area (Å²) in [5, 5.41) is 87.2. The number of hydrogen-bond acceptors (Lipinski definition) is 13. The topological polar surface area (TPSA) is 228 Å². The molecule has 0 saturated carbocycles. The number of aliphatic hydroxyl groups is 8. The van der Waals surface area contributed by atoms with Crippen molar-refractivity contribution in [3.05, 3.63) is 97.2 Å². The molecule has 1 amide bonds. The van der Waals surface area contributed by atoms with Crippen LogP contribution in [0.4, 0.5) is 0 Å². The summed E-state index contributed by atoms with van der Waals surface area (Å²) in [6.07, 6.45) is 60.5. The predicted molar refractivity (Wildman–Crippen MR) is 346 cm³/mol. The highest BCUT2D eigenvalue weighted by molar-refractivity contribution is 5.76. The van der Waals surface area contributed by atoms with Gasteiger partial charge in [0.1, 0.15) is 48.8 Å². The molecule has 14 nitrogen and oxygen atoms in total. The zero-order valence-corrected chi connectivity index (χ0v) is 53.1. The minimum atomic E-state index is -1.79. The van der Waals surface area contributed by atoms with Gasteiger partial charge in [0.2, 0.25) is 5.91 Å². The van der Waals surface area contributed by atoms with Crippen molar-refractivity contribution < 1.29 is 64.6 Å². The molecular formula is C71H123NO13. The Morgan fingerprint density at radius 3 is 1.29 bits per heavy atom. The summed E-state index contributed by atoms with van der Waals surface area (Å²) in [6.45, 7) is 2.66. The van der Waals surface area contributed by atoms with Crippen LogP contribution in [0, 0.1) is 0 Å². The second kappa shape index (κ2) is 55.0. The smallest absolute Gasteiger partial charge is 0.220 e. The van der Waals surface area contributed by atoms with Crippen LogP contribution in [0.2, 0.25) is 0 Å². The van der Waals surface area contributed by atoms with Crippen LogP contribution in [0.3, 0.4) is 0 Å². The van der Waals surface area contributed by atoms with Gasteiger partial charge < -0.3 is 65.1 Å². The quantitative estimate of drug-likeness (QED) is 0.0204. The van der Waals surface area contributed by atoms with Gasteiger partial charge in [-0.2, -0.15) is 0 Å². The minimum Gasteiger partial charge on any atom is -0.394 e. The van der Waals surface area contributed by atoms with Gasteiger partial charge in [-0.1, -0.05) is 259 Å². The fourth-order valence-electron chi connectivity index (χ4n) is 10.6. The summed E-state index contributed by atoms with van der Waals surface area (Å²) in [5.41, 5.74) is 0. The molecule has 2 aliphatic rings. The predicted octanol–water partition coefficient (Wildman–Crippen LogP) is 13.4. The van der Waals surface area contributed by atoms with Crippen molar-refractivity contribution in [1.29, 1.82) is 0 Å². The SMILES string of the molecule is CC/C=C\C/C=C\C/C=C\C/C=C\C/C=C\C/C=C\CCCCCCCCCCCCCCCCCCCCC(=O)NC(COC1OC(CO)C(OC2OC(CO)C(O)C(O)C2O)C(O)C1O)C(O)/C=C/CC/C=C/CCCCCCCCCC. The van der Waals surface area contributed by atoms with Crippen LogP contribution in [0.25, 0.3) is 0 Å². The number of aliphatic hydroxyl groups excluding tert-OH is 8. The monoisotopic (exact) mass is 1200 g/mol. The number of ether oxygens (including phenoxy) is 4. The number of carbonyl (C=O) groups is 1. The highest BCUT2D eigenvalue weighted by Gasteiger charge is 2.51. The molecule has 9 N–H and O–H groups in total. The van der Waals surface area contributed by atoms with E-state index in [9.17, 15) is 45.6 Å². The highest BCUT2D eigenvalue weighted by Crippen LogP contribution is 2.30. The largest absolute Gasteiger partial charge is 0.394 e. The maximum Gasteiger partial charge on any atom is 0.220 e. The number of carbonyl (C=O) groups excluding carboxylic acids is 1. The van der Waals surface area contributed by atoms with E-state index in [4.69, 9.17) is 18.9 Å². The van der Waals surface area contributed by atoms with E-state index >= 15 is 0 Å². The van der Waals surface area contributed by atoms with E-state index in [2.05, 4.69) is 104 Å². The van der Waals surface area contributed by atoms with Crippen LogP contribution in [-0.4, -0.2) is 140 Å². The van der Waals surface area contributed by atoms with Crippen molar-refractivity contribution in [1.82, 2.24) is 5.32 Å². The summed E-state index contributed by atoms with van der Waals surface area (Å²) in [7, 11) is 0. The molecule has 12 atom stereocenters. The maximum atomic E-state index is 13.3. The standard InChI is InChI=1S/C71H123NO13/c1-3-5-7-9-11-13-15-17-19-20-21-22-23-24-25-26-27-28-29-30-31-32-33-34-35-36-37-38-39-40-41-43-45-47-49-51-53-55-63(76)72-59(60(75)54-52-50-48-46-44-42-18-16-14-12-10-8-6-4-2)58-82-70-68(81)66(79)69(62(57-74)84-70)85-71-67(80)65(78)64(77)61(56-73)83-71/h5,7,11,13,17,19,21-22,24-25,27-28,44,46,52,54,59-62,64-71,73-75,77-81H,3-4,6,8-10,12,14-16,18,20,23,26,29-43,45,47-51,53,55-58H2,1-2H3,(H,72,76)/b7-5-,13-11-,19-17-,22-21-,25-24-,28-27-,46-44+,54-52+. The van der Waals surface area contributed by atoms with E-state index in [1.54, 1.807) is 6.08 Å². The average Bonchev–Trinajstić information content (AvgIpc) is 3.65. The van der Waals surface area contributed by atoms with Gasteiger partial charge in [-0.05, 0) is 83.5 Å². The molecule has 0 radical (unpaired) electrons. The van der Waals surface area contributed by atoms with E-state index in [1.165, 1.54) is 148 Å². The van der Waals surface area contributed by atoms with Crippen LogP contribution in [-0.2, 0) is 23.7 Å². The van der Waals surface area contributed by atoms with E-state index in [-0.39, 0.29) is 18.9 Å². The van der Waals surface area contributed by atoms with Gasteiger partial charge >= 0.3 is 0 Å². The average molecular weight is 1200 g/mol. The zero-order valence-electron chi connectivity index (χ0n) is 53.1. The summed E-state index contributed by atoms with van der Waals surface area (Å²) < 4.78 is 22.8. The lowest BCUT2D eigenvalue weighted by Gasteiger charge is -2.46. The molecule has 0 bridgehead atoms. The molecule has 0 spiro atoms. The lowest BCUT2D eigenvalue weighted by molar-refractivity contribution is -0.359. The molecular weight excluding hydrogens is 1070 g/mol. The Bertz CT molecular complexity index is 1800. The van der Waals surface area contributed by atoms with Crippen LogP contribution in [0.1, 0.15) is 251 Å². The molecule has 0 aliphatic carbocycles. The van der Waals surface area contributed by atoms with Gasteiger partial charge in [-0.3, -0.25) is 4.79 Å². The number of nitrogens with one attached hydrogen (secondary N) is 1. The number of allylic oxidation sites excluding steroid dienone is 15. The number of hydrogen-bond donors (Lipinski definition) is 9. The van der Waals surface area contributed by atoms with E-state index < -0.39 is 86.8 Å². The Morgan fingerprint density at radius 1 is 0.435 bits per heavy atom. The third-order valence-electron chi connectivity index (χ3n) is 16.0. The third kappa shape index (κ3) is 39.5. The zero-order chi connectivity index (χ0) is 61.6. The molecule has 490 valence electrons. The Hall–Kier alpha value is -3.09. The Morgan fingerprint density at radius 2 is 0.824 bits per heavy atom. The van der Waals surface area contributed by atoms with Crippen molar-refractivity contribution in [2.24, 2.45) is 0 Å². The fourth-order valence-corrected chi connectivity index (χ4v) is 10.6. The summed E-state index contributed by atoms with van der Waals surface area (Å²) in [6, 6.07) is -0.934. The molecule has 2 saturated heterocycles. The molecule has 0 aromatic heterocycles. The molecule has 2 fully saturated rings. The van der Waals surface area contributed by atoms with Gasteiger partial charge in [0, 0.05) is 6.42 Å². The molecule has 2 rings (SSSR count). The number of amides is 1. The van der Waals surface area contributed by atoms with Crippen molar-refractivity contribution >= 4 is 5.91 Å². The second-order valence-electron chi connectivity index (χ2n) is 23.6. The first-order chi connectivity index (χ1) is 41.6. The van der Waals surface area contributed by atoms with Crippen LogP contribution in [0.5, 0.6) is 0 Å². The summed E-state index contributed by atoms with van der Waals surface area (Å²) >= 11 is 0. The van der Waals surface area contributed by atoms with Gasteiger partial charge in [-0.15, -0.1) is 0 Å². The normalized spacial score (nSPS) is 24.2. The maximum absolute atomic E-state index is 13.3. The lowest BCUT2D eigenvalue weighted by Crippen LogP contribution is -2.65. The van der Waals surface area contributed by atoms with Gasteiger partial charge in [-0.25, -0.2) is 0 Å². The van der Waals surface area contributed by atoms with Gasteiger partial charge in [0.05, 0.1) is 32.0 Å². The molecule has 0 aromatic rings. The first kappa shape index (κ1) is 78.0. The van der Waals surface area contributed by atoms with Crippen LogP contribution in [0.15, 0.2) is 97.2 Å². The molecule has 12 unspecified atom stereocenters. The van der Waals surface area contributed by atoms with Crippen molar-refractivity contribution in [2.75, 3.05) is 19.8 Å². The van der Waals surface area contributed by atoms with E-state index in [0.29, 0.717) is 12.8 Å². The Labute approximate surface area is 515 Å². The van der Waals surface area contributed by atoms with E-state index in [0.717, 1.165) is 70.6 Å². The third-order valence-corrected chi connectivity index (χ3v) is 16.0.